The van der Waals surface area contributed by atoms with E-state index < -0.39 is 0 Å². The lowest BCUT2D eigenvalue weighted by Gasteiger charge is -2.09. The minimum Gasteiger partial charge on any atom is -0.333 e. The molecule has 1 aromatic carbocycles. The Kier molecular flexibility index (Phi) is 4.16. The van der Waals surface area contributed by atoms with E-state index in [1.54, 1.807) is 23.1 Å². The molecule has 0 amide bonds. The van der Waals surface area contributed by atoms with Crippen molar-refractivity contribution >= 4 is 50.1 Å². The van der Waals surface area contributed by atoms with Crippen molar-refractivity contribution in [1.29, 1.82) is 0 Å². The summed E-state index contributed by atoms with van der Waals surface area (Å²) < 4.78 is 1.13. The minimum absolute atomic E-state index is 0.230. The zero-order valence-corrected chi connectivity index (χ0v) is 14.1. The van der Waals surface area contributed by atoms with Gasteiger partial charge in [0.25, 0.3) is 0 Å². The molecule has 0 aliphatic carbocycles. The monoisotopic (exact) mass is 367 g/mol. The van der Waals surface area contributed by atoms with Crippen molar-refractivity contribution in [3.8, 4) is 0 Å². The highest BCUT2D eigenvalue weighted by Gasteiger charge is 2.16. The number of hydrogen-bond acceptors (Lipinski definition) is 4. The number of halogens is 1. The van der Waals surface area contributed by atoms with Gasteiger partial charge in [0.1, 0.15) is 0 Å². The van der Waals surface area contributed by atoms with Crippen LogP contribution in [0.4, 0.5) is 0 Å². The Morgan fingerprint density at radius 3 is 2.95 bits per heavy atom. The molecule has 0 radical (unpaired) electrons. The van der Waals surface area contributed by atoms with Crippen LogP contribution in [-0.4, -0.2) is 16.5 Å². The van der Waals surface area contributed by atoms with Gasteiger partial charge in [0.2, 0.25) is 0 Å². The summed E-state index contributed by atoms with van der Waals surface area (Å²) in [6.45, 7) is 2.67. The van der Waals surface area contributed by atoms with Gasteiger partial charge in [0.15, 0.2) is 5.16 Å². The molecule has 0 aliphatic rings. The van der Waals surface area contributed by atoms with Crippen molar-refractivity contribution in [2.45, 2.75) is 17.3 Å². The standard InChI is InChI=1S/C14H14BrN3S2/c1-8-2-3-9-10(6-8)18-14(17-9)20-12(7-16)11-4-5-13(15)19-11/h2-6,12H,7,16H2,1H3,(H,17,18). The van der Waals surface area contributed by atoms with Crippen molar-refractivity contribution in [3.05, 3.63) is 44.6 Å². The van der Waals surface area contributed by atoms with E-state index >= 15 is 0 Å². The van der Waals surface area contributed by atoms with Gasteiger partial charge in [-0.1, -0.05) is 17.8 Å². The average Bonchev–Trinajstić information content (AvgIpc) is 3.01. The van der Waals surface area contributed by atoms with Crippen LogP contribution >= 0.6 is 39.0 Å². The summed E-state index contributed by atoms with van der Waals surface area (Å²) in [5.41, 5.74) is 9.22. The third-order valence-electron chi connectivity index (χ3n) is 2.99. The Bertz CT molecular complexity index is 735. The average molecular weight is 368 g/mol. The molecule has 0 saturated heterocycles. The van der Waals surface area contributed by atoms with E-state index in [1.807, 2.05) is 6.07 Å². The fourth-order valence-corrected chi connectivity index (χ4v) is 4.60. The maximum atomic E-state index is 5.91. The van der Waals surface area contributed by atoms with Crippen LogP contribution in [-0.2, 0) is 0 Å². The fourth-order valence-electron chi connectivity index (χ4n) is 2.01. The predicted molar refractivity (Wildman–Crippen MR) is 90.5 cm³/mol. The number of imidazole rings is 1. The summed E-state index contributed by atoms with van der Waals surface area (Å²) in [6, 6.07) is 10.4. The molecule has 0 fully saturated rings. The van der Waals surface area contributed by atoms with Crippen molar-refractivity contribution < 1.29 is 0 Å². The van der Waals surface area contributed by atoms with E-state index in [2.05, 4.69) is 57.1 Å². The molecule has 0 bridgehead atoms. The maximum Gasteiger partial charge on any atom is 0.167 e. The second-order valence-electron chi connectivity index (χ2n) is 4.55. The van der Waals surface area contributed by atoms with E-state index in [9.17, 15) is 0 Å². The van der Waals surface area contributed by atoms with Crippen LogP contribution in [0.15, 0.2) is 39.3 Å². The third kappa shape index (κ3) is 2.93. The van der Waals surface area contributed by atoms with Crippen molar-refractivity contribution in [2.75, 3.05) is 6.54 Å². The first kappa shape index (κ1) is 14.1. The second-order valence-corrected chi connectivity index (χ2v) is 8.23. The molecule has 0 spiro atoms. The molecule has 3 rings (SSSR count). The smallest absolute Gasteiger partial charge is 0.167 e. The summed E-state index contributed by atoms with van der Waals surface area (Å²) >= 11 is 6.90. The number of aromatic amines is 1. The molecule has 3 nitrogen and oxygen atoms in total. The zero-order chi connectivity index (χ0) is 14.1. The van der Waals surface area contributed by atoms with Crippen LogP contribution in [0.3, 0.4) is 0 Å². The maximum absolute atomic E-state index is 5.91. The fraction of sp³-hybridized carbons (Fsp3) is 0.214. The largest absolute Gasteiger partial charge is 0.333 e. The van der Waals surface area contributed by atoms with Crippen molar-refractivity contribution in [1.82, 2.24) is 9.97 Å². The molecule has 3 aromatic rings. The van der Waals surface area contributed by atoms with Crippen LogP contribution < -0.4 is 5.73 Å². The molecule has 1 unspecified atom stereocenters. The van der Waals surface area contributed by atoms with Crippen LogP contribution in [0.5, 0.6) is 0 Å². The van der Waals surface area contributed by atoms with Gasteiger partial charge in [0.05, 0.1) is 20.1 Å². The van der Waals surface area contributed by atoms with Crippen LogP contribution in [0.25, 0.3) is 11.0 Å². The molecule has 20 heavy (non-hydrogen) atoms. The molecule has 6 heteroatoms. The van der Waals surface area contributed by atoms with Crippen molar-refractivity contribution in [2.24, 2.45) is 5.73 Å². The quantitative estimate of drug-likeness (QED) is 0.668. The van der Waals surface area contributed by atoms with E-state index in [0.29, 0.717) is 6.54 Å². The number of hydrogen-bond donors (Lipinski definition) is 2. The summed E-state index contributed by atoms with van der Waals surface area (Å²) in [5, 5.41) is 1.15. The zero-order valence-electron chi connectivity index (χ0n) is 10.9. The molecule has 0 aliphatic heterocycles. The molecule has 2 heterocycles. The molecule has 2 aromatic heterocycles. The molecular weight excluding hydrogens is 354 g/mol. The third-order valence-corrected chi connectivity index (χ3v) is 6.03. The predicted octanol–water partition coefficient (Wildman–Crippen LogP) is 4.49. The Labute approximate surface area is 134 Å². The van der Waals surface area contributed by atoms with Crippen LogP contribution in [0.1, 0.15) is 15.7 Å². The lowest BCUT2D eigenvalue weighted by Crippen LogP contribution is -2.08. The van der Waals surface area contributed by atoms with Gasteiger partial charge >= 0.3 is 0 Å². The Morgan fingerprint density at radius 2 is 2.25 bits per heavy atom. The Hall–Kier alpha value is -0.820. The number of nitrogens with one attached hydrogen (secondary N) is 1. The number of aryl methyl sites for hydroxylation is 1. The van der Waals surface area contributed by atoms with Gasteiger partial charge in [0, 0.05) is 11.4 Å². The molecule has 0 saturated carbocycles. The van der Waals surface area contributed by atoms with Crippen LogP contribution in [0.2, 0.25) is 0 Å². The summed E-state index contributed by atoms with van der Waals surface area (Å²) in [6.07, 6.45) is 0. The lowest BCUT2D eigenvalue weighted by atomic mass is 10.2. The number of nitrogens with zero attached hydrogens (tertiary/aromatic N) is 1. The molecular formula is C14H14BrN3S2. The Morgan fingerprint density at radius 1 is 1.40 bits per heavy atom. The van der Waals surface area contributed by atoms with Gasteiger partial charge in [-0.25, -0.2) is 4.98 Å². The number of H-pyrrole nitrogens is 1. The van der Waals surface area contributed by atoms with Gasteiger partial charge in [-0.05, 0) is 52.7 Å². The van der Waals surface area contributed by atoms with E-state index in [4.69, 9.17) is 5.73 Å². The first-order chi connectivity index (χ1) is 9.65. The lowest BCUT2D eigenvalue weighted by molar-refractivity contribution is 0.946. The number of aromatic nitrogens is 2. The van der Waals surface area contributed by atoms with Gasteiger partial charge < -0.3 is 10.7 Å². The highest BCUT2D eigenvalue weighted by molar-refractivity contribution is 9.11. The number of rotatable bonds is 4. The van der Waals surface area contributed by atoms with Gasteiger partial charge in [-0.2, -0.15) is 0 Å². The van der Waals surface area contributed by atoms with Crippen molar-refractivity contribution in [3.63, 3.8) is 0 Å². The summed E-state index contributed by atoms with van der Waals surface area (Å²) in [4.78, 5) is 9.25. The highest BCUT2D eigenvalue weighted by atomic mass is 79.9. The highest BCUT2D eigenvalue weighted by Crippen LogP contribution is 2.38. The normalized spacial score (nSPS) is 12.9. The SMILES string of the molecule is Cc1ccc2nc(SC(CN)c3ccc(Br)s3)[nH]c2c1. The number of nitrogens with two attached hydrogens (primary N) is 1. The van der Waals surface area contributed by atoms with E-state index in [-0.39, 0.29) is 5.25 Å². The number of benzene rings is 1. The van der Waals surface area contributed by atoms with Gasteiger partial charge in [-0.3, -0.25) is 0 Å². The number of fused-ring (bicyclic) bond motifs is 1. The molecule has 104 valence electrons. The van der Waals surface area contributed by atoms with E-state index in [1.165, 1.54) is 10.4 Å². The summed E-state index contributed by atoms with van der Waals surface area (Å²) in [7, 11) is 0. The molecule has 1 atom stereocenters. The Balaban J connectivity index is 1.87. The second kappa shape index (κ2) is 5.89. The van der Waals surface area contributed by atoms with Gasteiger partial charge in [-0.15, -0.1) is 11.3 Å². The number of thioether (sulfide) groups is 1. The number of thiophene rings is 1. The minimum atomic E-state index is 0.230. The topological polar surface area (TPSA) is 54.7 Å². The first-order valence-corrected chi connectivity index (χ1v) is 8.73. The summed E-state index contributed by atoms with van der Waals surface area (Å²) in [5.74, 6) is 0. The van der Waals surface area contributed by atoms with E-state index in [0.717, 1.165) is 20.0 Å². The van der Waals surface area contributed by atoms with Crippen LogP contribution in [0, 0.1) is 6.92 Å². The first-order valence-electron chi connectivity index (χ1n) is 6.24. The molecule has 3 N–H and O–H groups in total.